The maximum Gasteiger partial charge on any atom is 0.159 e. The number of hydrogen-bond donors (Lipinski definition) is 1. The Morgan fingerprint density at radius 3 is 2.53 bits per heavy atom. The van der Waals surface area contributed by atoms with Crippen LogP contribution in [-0.4, -0.2) is 7.05 Å². The summed E-state index contributed by atoms with van der Waals surface area (Å²) in [4.78, 5) is 0.889. The summed E-state index contributed by atoms with van der Waals surface area (Å²) in [7, 11) is 1.75. The van der Waals surface area contributed by atoms with E-state index in [-0.39, 0.29) is 6.04 Å². The van der Waals surface area contributed by atoms with Gasteiger partial charge in [-0.3, -0.25) is 0 Å². The first-order valence-electron chi connectivity index (χ1n) is 4.98. The maximum absolute atomic E-state index is 13.2. The molecule has 0 aliphatic rings. The van der Waals surface area contributed by atoms with Crippen molar-refractivity contribution in [3.05, 3.63) is 56.7 Å². The molecule has 0 spiro atoms. The maximum atomic E-state index is 13.2. The number of rotatable bonds is 3. The minimum atomic E-state index is -0.851. The average Bonchev–Trinajstić information content (AvgIpc) is 2.71. The minimum absolute atomic E-state index is 0.224. The van der Waals surface area contributed by atoms with Crippen LogP contribution >= 0.6 is 22.9 Å². The Hall–Kier alpha value is -0.970. The normalized spacial score (nSPS) is 12.7. The van der Waals surface area contributed by atoms with Gasteiger partial charge in [0.05, 0.1) is 11.1 Å². The predicted molar refractivity (Wildman–Crippen MR) is 66.6 cm³/mol. The van der Waals surface area contributed by atoms with Crippen molar-refractivity contribution in [2.24, 2.45) is 0 Å². The van der Waals surface area contributed by atoms with Crippen molar-refractivity contribution in [2.75, 3.05) is 7.05 Å². The average molecular weight is 274 g/mol. The van der Waals surface area contributed by atoms with E-state index in [0.29, 0.717) is 10.6 Å². The summed E-state index contributed by atoms with van der Waals surface area (Å²) < 4.78 is 26.1. The molecule has 0 saturated heterocycles. The molecular formula is C12H10ClF2NS. The lowest BCUT2D eigenvalue weighted by Gasteiger charge is -2.16. The van der Waals surface area contributed by atoms with Crippen LogP contribution in [0.1, 0.15) is 16.5 Å². The minimum Gasteiger partial charge on any atom is -0.309 e. The van der Waals surface area contributed by atoms with Crippen LogP contribution in [0.25, 0.3) is 0 Å². The van der Waals surface area contributed by atoms with Crippen LogP contribution in [0.5, 0.6) is 0 Å². The Bertz CT molecular complexity index is 527. The van der Waals surface area contributed by atoms with E-state index in [1.54, 1.807) is 19.2 Å². The SMILES string of the molecule is CNC(c1ccc(F)c(F)c1)c1sccc1Cl. The fraction of sp³-hybridized carbons (Fsp3) is 0.167. The first kappa shape index (κ1) is 12.5. The van der Waals surface area contributed by atoms with Crippen molar-refractivity contribution >= 4 is 22.9 Å². The summed E-state index contributed by atoms with van der Waals surface area (Å²) in [6, 6.07) is 5.42. The Labute approximate surface area is 107 Å². The van der Waals surface area contributed by atoms with Gasteiger partial charge in [0.25, 0.3) is 0 Å². The highest BCUT2D eigenvalue weighted by molar-refractivity contribution is 7.10. The molecule has 0 aliphatic heterocycles. The molecular weight excluding hydrogens is 264 g/mol. The molecule has 0 amide bonds. The second-order valence-corrected chi connectivity index (χ2v) is 4.88. The van der Waals surface area contributed by atoms with Gasteiger partial charge in [0.15, 0.2) is 11.6 Å². The Morgan fingerprint density at radius 1 is 1.24 bits per heavy atom. The standard InChI is InChI=1S/C12H10ClF2NS/c1-16-11(12-8(13)4-5-17-12)7-2-3-9(14)10(15)6-7/h2-6,11,16H,1H3. The van der Waals surface area contributed by atoms with Crippen LogP contribution in [0.3, 0.4) is 0 Å². The second kappa shape index (κ2) is 5.12. The molecule has 1 N–H and O–H groups in total. The van der Waals surface area contributed by atoms with Crippen LogP contribution in [-0.2, 0) is 0 Å². The summed E-state index contributed by atoms with van der Waals surface area (Å²) in [5.41, 5.74) is 0.649. The zero-order valence-electron chi connectivity index (χ0n) is 9.01. The third-order valence-corrected chi connectivity index (χ3v) is 3.90. The van der Waals surface area contributed by atoms with Gasteiger partial charge in [0, 0.05) is 4.88 Å². The largest absolute Gasteiger partial charge is 0.309 e. The van der Waals surface area contributed by atoms with Crippen LogP contribution < -0.4 is 5.32 Å². The van der Waals surface area contributed by atoms with Gasteiger partial charge in [0.2, 0.25) is 0 Å². The molecule has 1 nitrogen and oxygen atoms in total. The van der Waals surface area contributed by atoms with E-state index < -0.39 is 11.6 Å². The van der Waals surface area contributed by atoms with Crippen molar-refractivity contribution in [3.63, 3.8) is 0 Å². The lowest BCUT2D eigenvalue weighted by Crippen LogP contribution is -2.17. The molecule has 0 bridgehead atoms. The van der Waals surface area contributed by atoms with Crippen molar-refractivity contribution in [3.8, 4) is 0 Å². The van der Waals surface area contributed by atoms with E-state index in [1.165, 1.54) is 17.4 Å². The summed E-state index contributed by atoms with van der Waals surface area (Å²) >= 11 is 7.51. The van der Waals surface area contributed by atoms with Crippen LogP contribution in [0.15, 0.2) is 29.6 Å². The fourth-order valence-corrected chi connectivity index (χ4v) is 2.95. The van der Waals surface area contributed by atoms with Crippen LogP contribution in [0, 0.1) is 11.6 Å². The topological polar surface area (TPSA) is 12.0 Å². The smallest absolute Gasteiger partial charge is 0.159 e. The van der Waals surface area contributed by atoms with Crippen molar-refractivity contribution < 1.29 is 8.78 Å². The number of benzene rings is 1. The molecule has 2 rings (SSSR count). The zero-order valence-corrected chi connectivity index (χ0v) is 10.6. The number of thiophene rings is 1. The zero-order chi connectivity index (χ0) is 12.4. The van der Waals surface area contributed by atoms with Gasteiger partial charge < -0.3 is 5.32 Å². The molecule has 1 atom stereocenters. The molecule has 90 valence electrons. The number of halogens is 3. The van der Waals surface area contributed by atoms with E-state index >= 15 is 0 Å². The van der Waals surface area contributed by atoms with E-state index in [1.807, 2.05) is 5.38 Å². The molecule has 5 heteroatoms. The van der Waals surface area contributed by atoms with Gasteiger partial charge in [-0.1, -0.05) is 17.7 Å². The Kier molecular flexibility index (Phi) is 3.76. The molecule has 0 aliphatic carbocycles. The molecule has 1 unspecified atom stereocenters. The second-order valence-electron chi connectivity index (χ2n) is 3.53. The Morgan fingerprint density at radius 2 is 2.00 bits per heavy atom. The molecule has 1 aromatic carbocycles. The summed E-state index contributed by atoms with van der Waals surface area (Å²) in [6.07, 6.45) is 0. The summed E-state index contributed by atoms with van der Waals surface area (Å²) in [5, 5.41) is 5.53. The van der Waals surface area contributed by atoms with E-state index in [0.717, 1.165) is 10.9 Å². The molecule has 0 fully saturated rings. The predicted octanol–water partition coefficient (Wildman–Crippen LogP) is 3.99. The third-order valence-electron chi connectivity index (χ3n) is 2.47. The highest BCUT2D eigenvalue weighted by Gasteiger charge is 2.17. The van der Waals surface area contributed by atoms with Gasteiger partial charge in [-0.05, 0) is 36.2 Å². The monoisotopic (exact) mass is 273 g/mol. The molecule has 1 heterocycles. The van der Waals surface area contributed by atoms with Gasteiger partial charge in [0.1, 0.15) is 0 Å². The lowest BCUT2D eigenvalue weighted by atomic mass is 10.1. The molecule has 1 aromatic heterocycles. The summed E-state index contributed by atoms with van der Waals surface area (Å²) in [6.45, 7) is 0. The quantitative estimate of drug-likeness (QED) is 0.892. The number of nitrogens with one attached hydrogen (secondary N) is 1. The number of hydrogen-bond acceptors (Lipinski definition) is 2. The van der Waals surface area contributed by atoms with Crippen LogP contribution in [0.2, 0.25) is 5.02 Å². The van der Waals surface area contributed by atoms with Gasteiger partial charge >= 0.3 is 0 Å². The van der Waals surface area contributed by atoms with E-state index in [4.69, 9.17) is 11.6 Å². The van der Waals surface area contributed by atoms with E-state index in [9.17, 15) is 8.78 Å². The Balaban J connectivity index is 2.42. The van der Waals surface area contributed by atoms with Gasteiger partial charge in [-0.2, -0.15) is 0 Å². The van der Waals surface area contributed by atoms with Crippen molar-refractivity contribution in [1.82, 2.24) is 5.32 Å². The molecule has 17 heavy (non-hydrogen) atoms. The highest BCUT2D eigenvalue weighted by Crippen LogP contribution is 2.33. The van der Waals surface area contributed by atoms with Crippen molar-refractivity contribution in [1.29, 1.82) is 0 Å². The molecule has 0 saturated carbocycles. The first-order valence-corrected chi connectivity index (χ1v) is 6.24. The van der Waals surface area contributed by atoms with Gasteiger partial charge in [-0.25, -0.2) is 8.78 Å². The van der Waals surface area contributed by atoms with E-state index in [2.05, 4.69) is 5.32 Å². The first-order chi connectivity index (χ1) is 8.13. The lowest BCUT2D eigenvalue weighted by molar-refractivity contribution is 0.505. The third kappa shape index (κ3) is 2.49. The highest BCUT2D eigenvalue weighted by atomic mass is 35.5. The fourth-order valence-electron chi connectivity index (χ4n) is 1.65. The summed E-state index contributed by atoms with van der Waals surface area (Å²) in [5.74, 6) is -1.70. The van der Waals surface area contributed by atoms with Crippen LogP contribution in [0.4, 0.5) is 8.78 Å². The molecule has 2 aromatic rings. The van der Waals surface area contributed by atoms with Crippen molar-refractivity contribution in [2.45, 2.75) is 6.04 Å². The molecule has 0 radical (unpaired) electrons. The van der Waals surface area contributed by atoms with Gasteiger partial charge in [-0.15, -0.1) is 11.3 Å².